The van der Waals surface area contributed by atoms with E-state index in [1.54, 1.807) is 24.3 Å². The summed E-state index contributed by atoms with van der Waals surface area (Å²) in [6.07, 6.45) is 12.7. The van der Waals surface area contributed by atoms with E-state index in [1.165, 1.54) is 0 Å². The molecule has 0 spiro atoms. The van der Waals surface area contributed by atoms with Crippen molar-refractivity contribution in [3.8, 4) is 0 Å². The maximum absolute atomic E-state index is 13.3. The number of allylic oxidation sites excluding steroid dienone is 2. The second kappa shape index (κ2) is 20.4. The lowest BCUT2D eigenvalue weighted by Gasteiger charge is -2.34. The molecule has 1 aliphatic carbocycles. The second-order valence-corrected chi connectivity index (χ2v) is 10.3. The van der Waals surface area contributed by atoms with Crippen LogP contribution in [0.3, 0.4) is 0 Å². The van der Waals surface area contributed by atoms with Crippen molar-refractivity contribution in [2.75, 3.05) is 66.1 Å². The van der Waals surface area contributed by atoms with Crippen molar-refractivity contribution < 1.29 is 38.0 Å². The van der Waals surface area contributed by atoms with Crippen molar-refractivity contribution in [3.05, 3.63) is 62.8 Å². The van der Waals surface area contributed by atoms with Crippen molar-refractivity contribution in [1.82, 2.24) is 0 Å². The lowest BCUT2D eigenvalue weighted by Crippen LogP contribution is -2.41. The molecule has 0 heterocycles. The maximum atomic E-state index is 13.3. The normalized spacial score (nSPS) is 17.1. The highest BCUT2D eigenvalue weighted by atomic mass is 16.6. The van der Waals surface area contributed by atoms with E-state index >= 15 is 0 Å². The fourth-order valence-electron chi connectivity index (χ4n) is 4.30. The Bertz CT molecular complexity index is 724. The third-order valence-electron chi connectivity index (χ3n) is 7.15. The van der Waals surface area contributed by atoms with Crippen molar-refractivity contribution in [2.24, 2.45) is 22.7 Å². The predicted octanol–water partition coefficient (Wildman–Crippen LogP) is 5.26. The van der Waals surface area contributed by atoms with Crippen LogP contribution in [0.15, 0.2) is 62.8 Å². The van der Waals surface area contributed by atoms with Crippen molar-refractivity contribution >= 4 is 11.9 Å². The topological polar surface area (TPSA) is 89.5 Å². The van der Waals surface area contributed by atoms with Crippen molar-refractivity contribution in [1.29, 1.82) is 0 Å². The van der Waals surface area contributed by atoms with Gasteiger partial charge in [0.2, 0.25) is 0 Å². The number of hydrogen-bond acceptors (Lipinski definition) is 8. The van der Waals surface area contributed by atoms with Gasteiger partial charge in [0.15, 0.2) is 0 Å². The summed E-state index contributed by atoms with van der Waals surface area (Å²) in [6.45, 7) is 21.9. The van der Waals surface area contributed by atoms with Gasteiger partial charge in [0.25, 0.3) is 0 Å². The molecule has 40 heavy (non-hydrogen) atoms. The summed E-state index contributed by atoms with van der Waals surface area (Å²) < 4.78 is 34.5. The first-order chi connectivity index (χ1) is 19.4. The Balaban J connectivity index is 2.91. The van der Waals surface area contributed by atoms with Gasteiger partial charge >= 0.3 is 11.9 Å². The number of hydrogen-bond donors (Lipinski definition) is 0. The Morgan fingerprint density at radius 1 is 0.625 bits per heavy atom. The highest BCUT2D eigenvalue weighted by Crippen LogP contribution is 2.32. The second-order valence-electron chi connectivity index (χ2n) is 10.3. The van der Waals surface area contributed by atoms with E-state index < -0.39 is 34.6 Å². The molecule has 8 nitrogen and oxygen atoms in total. The van der Waals surface area contributed by atoms with Crippen LogP contribution < -0.4 is 0 Å². The average molecular weight is 563 g/mol. The molecule has 0 radical (unpaired) electrons. The minimum Gasteiger partial charge on any atom is -0.465 e. The predicted molar refractivity (Wildman–Crippen MR) is 157 cm³/mol. The van der Waals surface area contributed by atoms with Crippen LogP contribution in [0.5, 0.6) is 0 Å². The Kier molecular flexibility index (Phi) is 18.1. The first-order valence-corrected chi connectivity index (χ1v) is 14.1. The van der Waals surface area contributed by atoms with Crippen molar-refractivity contribution in [3.63, 3.8) is 0 Å². The van der Waals surface area contributed by atoms with Crippen LogP contribution >= 0.6 is 0 Å². The minimum absolute atomic E-state index is 0.110. The molecule has 1 aliphatic rings. The van der Waals surface area contributed by atoms with E-state index in [-0.39, 0.29) is 13.2 Å². The monoisotopic (exact) mass is 562 g/mol. The quantitative estimate of drug-likeness (QED) is 0.0894. The van der Waals surface area contributed by atoms with Crippen LogP contribution in [0, 0.1) is 22.7 Å². The van der Waals surface area contributed by atoms with E-state index in [0.29, 0.717) is 78.5 Å². The summed E-state index contributed by atoms with van der Waals surface area (Å²) in [5.41, 5.74) is -1.06. The van der Waals surface area contributed by atoms with Crippen LogP contribution in [-0.2, 0) is 38.0 Å². The third kappa shape index (κ3) is 12.3. The summed E-state index contributed by atoms with van der Waals surface area (Å²) in [7, 11) is 0. The van der Waals surface area contributed by atoms with E-state index in [9.17, 15) is 9.59 Å². The average Bonchev–Trinajstić information content (AvgIpc) is 2.98. The summed E-state index contributed by atoms with van der Waals surface area (Å²) in [5, 5.41) is 0. The van der Waals surface area contributed by atoms with Gasteiger partial charge < -0.3 is 28.4 Å². The molecule has 0 saturated carbocycles. The Hall–Kier alpha value is -2.52. The first-order valence-electron chi connectivity index (χ1n) is 14.1. The molecule has 0 saturated heterocycles. The minimum atomic E-state index is -0.639. The fraction of sp³-hybridized carbons (Fsp3) is 0.625. The zero-order chi connectivity index (χ0) is 29.7. The van der Waals surface area contributed by atoms with Gasteiger partial charge in [-0.2, -0.15) is 0 Å². The molecule has 0 fully saturated rings. The van der Waals surface area contributed by atoms with E-state index in [4.69, 9.17) is 28.4 Å². The molecule has 2 unspecified atom stereocenters. The standard InChI is InChI=1S/C32H50O8/c1-7-17-35-21-31(11-5,22-36-18-8-2)25-39-29(33)27-15-13-14-16-28(27)30(34)40-26-32(12-6,23-37-19-9-3)24-38-20-10-4/h7-10,13-14,27-28H,1-4,11-12,15-26H2,5-6H3. The van der Waals surface area contributed by atoms with Crippen LogP contribution in [0.4, 0.5) is 0 Å². The number of ether oxygens (including phenoxy) is 6. The SMILES string of the molecule is C=CCOCC(CC)(COCC=C)COC(=O)C1CC=CCC1C(=O)OCC(CC)(COCC=C)COCC=C. The largest absolute Gasteiger partial charge is 0.465 e. The zero-order valence-corrected chi connectivity index (χ0v) is 24.6. The van der Waals surface area contributed by atoms with Gasteiger partial charge in [0.05, 0.1) is 75.5 Å². The van der Waals surface area contributed by atoms with Crippen molar-refractivity contribution in [2.45, 2.75) is 39.5 Å². The van der Waals surface area contributed by atoms with Crippen LogP contribution in [0.1, 0.15) is 39.5 Å². The van der Waals surface area contributed by atoms with E-state index in [2.05, 4.69) is 26.3 Å². The van der Waals surface area contributed by atoms with Crippen LogP contribution in [0.25, 0.3) is 0 Å². The molecule has 0 aliphatic heterocycles. The van der Waals surface area contributed by atoms with Gasteiger partial charge in [0, 0.05) is 0 Å². The summed E-state index contributed by atoms with van der Waals surface area (Å²) in [6, 6.07) is 0. The molecule has 0 aromatic carbocycles. The highest BCUT2D eigenvalue weighted by Gasteiger charge is 2.40. The molecular formula is C32H50O8. The third-order valence-corrected chi connectivity index (χ3v) is 7.15. The lowest BCUT2D eigenvalue weighted by molar-refractivity contribution is -0.168. The highest BCUT2D eigenvalue weighted by molar-refractivity contribution is 5.82. The van der Waals surface area contributed by atoms with Gasteiger partial charge in [-0.25, -0.2) is 0 Å². The molecule has 226 valence electrons. The molecule has 0 aromatic heterocycles. The van der Waals surface area contributed by atoms with Gasteiger partial charge in [-0.1, -0.05) is 50.3 Å². The fourth-order valence-corrected chi connectivity index (χ4v) is 4.30. The maximum Gasteiger partial charge on any atom is 0.310 e. The molecule has 0 bridgehead atoms. The van der Waals surface area contributed by atoms with Crippen LogP contribution in [-0.4, -0.2) is 78.0 Å². The van der Waals surface area contributed by atoms with Gasteiger partial charge in [-0.05, 0) is 25.7 Å². The number of esters is 2. The summed E-state index contributed by atoms with van der Waals surface area (Å²) in [4.78, 5) is 26.6. The van der Waals surface area contributed by atoms with Crippen LogP contribution in [0.2, 0.25) is 0 Å². The molecule has 0 N–H and O–H groups in total. The smallest absolute Gasteiger partial charge is 0.310 e. The Labute approximate surface area is 241 Å². The molecular weight excluding hydrogens is 512 g/mol. The van der Waals surface area contributed by atoms with E-state index in [0.717, 1.165) is 0 Å². The molecule has 0 aromatic rings. The number of carbonyl (C=O) groups excluding carboxylic acids is 2. The Morgan fingerprint density at radius 2 is 0.925 bits per heavy atom. The number of rotatable bonds is 24. The lowest BCUT2D eigenvalue weighted by atomic mass is 9.82. The molecule has 0 amide bonds. The first kappa shape index (κ1) is 35.5. The zero-order valence-electron chi connectivity index (χ0n) is 24.6. The number of carbonyl (C=O) groups is 2. The summed E-state index contributed by atoms with van der Waals surface area (Å²) in [5.74, 6) is -2.13. The summed E-state index contributed by atoms with van der Waals surface area (Å²) >= 11 is 0. The molecule has 1 rings (SSSR count). The Morgan fingerprint density at radius 3 is 1.18 bits per heavy atom. The van der Waals surface area contributed by atoms with Gasteiger partial charge in [-0.15, -0.1) is 26.3 Å². The van der Waals surface area contributed by atoms with Gasteiger partial charge in [0.1, 0.15) is 13.2 Å². The molecule has 2 atom stereocenters. The van der Waals surface area contributed by atoms with Gasteiger partial charge in [-0.3, -0.25) is 9.59 Å². The molecule has 8 heteroatoms. The van der Waals surface area contributed by atoms with E-state index in [1.807, 2.05) is 26.0 Å².